The molecular weight excluding hydrogens is 338 g/mol. The van der Waals surface area contributed by atoms with Crippen molar-refractivity contribution in [1.82, 2.24) is 14.6 Å². The topological polar surface area (TPSA) is 88.6 Å². The molecular formula is C14H21N3O4S2. The molecule has 1 aliphatic rings. The number of pyridine rings is 1. The Morgan fingerprint density at radius 2 is 2.09 bits per heavy atom. The number of carbonyl (C=O) groups is 1. The van der Waals surface area contributed by atoms with Crippen molar-refractivity contribution in [3.05, 3.63) is 24.5 Å². The van der Waals surface area contributed by atoms with Gasteiger partial charge in [0.2, 0.25) is 15.9 Å². The van der Waals surface area contributed by atoms with E-state index in [-0.39, 0.29) is 29.4 Å². The number of carbonyl (C=O) groups excluding carboxylic acids is 1. The Bertz CT molecular complexity index is 622. The lowest BCUT2D eigenvalue weighted by Crippen LogP contribution is -2.44. The number of amides is 1. The summed E-state index contributed by atoms with van der Waals surface area (Å²) in [5.41, 5.74) is 0. The van der Waals surface area contributed by atoms with Crippen LogP contribution >= 0.6 is 11.8 Å². The van der Waals surface area contributed by atoms with Crippen LogP contribution in [0.4, 0.5) is 0 Å². The first-order valence-electron chi connectivity index (χ1n) is 7.18. The minimum Gasteiger partial charge on any atom is -0.379 e. The fourth-order valence-electron chi connectivity index (χ4n) is 2.17. The smallest absolute Gasteiger partial charge is 0.230 e. The molecule has 0 radical (unpaired) electrons. The molecule has 1 aromatic rings. The first-order valence-corrected chi connectivity index (χ1v) is 9.78. The lowest BCUT2D eigenvalue weighted by Gasteiger charge is -2.21. The van der Waals surface area contributed by atoms with Crippen molar-refractivity contribution < 1.29 is 17.9 Å². The Morgan fingerprint density at radius 3 is 2.74 bits per heavy atom. The quantitative estimate of drug-likeness (QED) is 0.700. The van der Waals surface area contributed by atoms with E-state index < -0.39 is 10.0 Å². The second kappa shape index (κ2) is 8.09. The van der Waals surface area contributed by atoms with Crippen LogP contribution in [0.5, 0.6) is 0 Å². The van der Waals surface area contributed by atoms with Crippen molar-refractivity contribution in [1.29, 1.82) is 0 Å². The summed E-state index contributed by atoms with van der Waals surface area (Å²) in [6.45, 7) is 0.689. The van der Waals surface area contributed by atoms with Gasteiger partial charge in [0.25, 0.3) is 0 Å². The van der Waals surface area contributed by atoms with Crippen molar-refractivity contribution >= 4 is 27.7 Å². The molecule has 1 fully saturated rings. The van der Waals surface area contributed by atoms with Crippen molar-refractivity contribution in [2.24, 2.45) is 5.92 Å². The summed E-state index contributed by atoms with van der Waals surface area (Å²) in [6, 6.07) is 3.40. The van der Waals surface area contributed by atoms with Gasteiger partial charge in [-0.25, -0.2) is 12.7 Å². The Kier molecular flexibility index (Phi) is 6.40. The zero-order chi connectivity index (χ0) is 16.9. The molecule has 0 saturated carbocycles. The van der Waals surface area contributed by atoms with Gasteiger partial charge in [0.15, 0.2) is 0 Å². The number of rotatable bonds is 7. The Balaban J connectivity index is 1.85. The monoisotopic (exact) mass is 359 g/mol. The molecule has 1 aromatic heterocycles. The third-order valence-electron chi connectivity index (χ3n) is 3.55. The molecule has 1 saturated heterocycles. The molecule has 0 unspecified atom stereocenters. The van der Waals surface area contributed by atoms with E-state index in [1.807, 2.05) is 12.1 Å². The molecule has 1 amide bonds. The minimum absolute atomic E-state index is 0.0254. The number of hydrogen-bond acceptors (Lipinski definition) is 6. The molecule has 2 atom stereocenters. The van der Waals surface area contributed by atoms with Gasteiger partial charge in [-0.2, -0.15) is 0 Å². The maximum absolute atomic E-state index is 12.1. The largest absolute Gasteiger partial charge is 0.379 e. The molecule has 1 aliphatic heterocycles. The molecule has 9 heteroatoms. The van der Waals surface area contributed by atoms with Crippen LogP contribution in [0.25, 0.3) is 0 Å². The average Bonchev–Trinajstić information content (AvgIpc) is 2.92. The summed E-state index contributed by atoms with van der Waals surface area (Å²) in [7, 11) is -0.308. The summed E-state index contributed by atoms with van der Waals surface area (Å²) in [5.74, 6) is -0.109. The zero-order valence-corrected chi connectivity index (χ0v) is 14.8. The van der Waals surface area contributed by atoms with E-state index in [1.165, 1.54) is 30.2 Å². The second-order valence-electron chi connectivity index (χ2n) is 5.50. The summed E-state index contributed by atoms with van der Waals surface area (Å²) in [5, 5.41) is 2.88. The highest BCUT2D eigenvalue weighted by Crippen LogP contribution is 2.19. The van der Waals surface area contributed by atoms with Gasteiger partial charge in [-0.3, -0.25) is 9.78 Å². The van der Waals surface area contributed by atoms with E-state index in [1.54, 1.807) is 12.4 Å². The second-order valence-corrected chi connectivity index (χ2v) is 8.78. The van der Waals surface area contributed by atoms with Crippen LogP contribution in [-0.2, 0) is 19.6 Å². The molecule has 2 rings (SSSR count). The molecule has 0 aromatic carbocycles. The number of nitrogens with one attached hydrogen (secondary N) is 1. The fourth-order valence-corrected chi connectivity index (χ4v) is 4.04. The summed E-state index contributed by atoms with van der Waals surface area (Å²) in [6.07, 6.45) is 3.35. The van der Waals surface area contributed by atoms with Crippen LogP contribution in [0.2, 0.25) is 0 Å². The van der Waals surface area contributed by atoms with Gasteiger partial charge in [-0.1, -0.05) is 0 Å². The van der Waals surface area contributed by atoms with Gasteiger partial charge in [0.05, 0.1) is 30.8 Å². The SMILES string of the molecule is CN(C)S(=O)(=O)C[C@@H]1COC[C@H]1NC(=O)CSc1ccncc1. The van der Waals surface area contributed by atoms with Crippen LogP contribution in [-0.4, -0.2) is 68.5 Å². The molecule has 0 bridgehead atoms. The molecule has 0 spiro atoms. The zero-order valence-electron chi connectivity index (χ0n) is 13.1. The van der Waals surface area contributed by atoms with E-state index in [4.69, 9.17) is 4.74 Å². The predicted molar refractivity (Wildman–Crippen MR) is 88.7 cm³/mol. The van der Waals surface area contributed by atoms with Gasteiger partial charge in [0, 0.05) is 37.3 Å². The van der Waals surface area contributed by atoms with Gasteiger partial charge >= 0.3 is 0 Å². The Labute approximate surface area is 140 Å². The first-order chi connectivity index (χ1) is 10.9. The highest BCUT2D eigenvalue weighted by molar-refractivity contribution is 8.00. The van der Waals surface area contributed by atoms with Crippen molar-refractivity contribution in [2.75, 3.05) is 38.8 Å². The molecule has 0 aliphatic carbocycles. The Hall–Kier alpha value is -1.16. The molecule has 2 heterocycles. The number of ether oxygens (including phenoxy) is 1. The average molecular weight is 359 g/mol. The highest BCUT2D eigenvalue weighted by atomic mass is 32.2. The van der Waals surface area contributed by atoms with E-state index in [9.17, 15) is 13.2 Å². The maximum atomic E-state index is 12.1. The lowest BCUT2D eigenvalue weighted by molar-refractivity contribution is -0.119. The predicted octanol–water partition coefficient (Wildman–Crippen LogP) is 0.196. The number of thioether (sulfide) groups is 1. The van der Waals surface area contributed by atoms with Crippen molar-refractivity contribution in [3.63, 3.8) is 0 Å². The summed E-state index contributed by atoms with van der Waals surface area (Å²) in [4.78, 5) is 16.9. The molecule has 1 N–H and O–H groups in total. The van der Waals surface area contributed by atoms with Crippen LogP contribution < -0.4 is 5.32 Å². The minimum atomic E-state index is -3.32. The van der Waals surface area contributed by atoms with Gasteiger partial charge in [-0.15, -0.1) is 11.8 Å². The van der Waals surface area contributed by atoms with Gasteiger partial charge < -0.3 is 10.1 Å². The molecule has 23 heavy (non-hydrogen) atoms. The number of aromatic nitrogens is 1. The van der Waals surface area contributed by atoms with Crippen LogP contribution in [0, 0.1) is 5.92 Å². The third-order valence-corrected chi connectivity index (χ3v) is 6.52. The lowest BCUT2D eigenvalue weighted by atomic mass is 10.1. The Morgan fingerprint density at radius 1 is 1.39 bits per heavy atom. The van der Waals surface area contributed by atoms with Crippen LogP contribution in [0.1, 0.15) is 0 Å². The van der Waals surface area contributed by atoms with Crippen LogP contribution in [0.3, 0.4) is 0 Å². The number of nitrogens with zero attached hydrogens (tertiary/aromatic N) is 2. The summed E-state index contributed by atoms with van der Waals surface area (Å²) >= 11 is 1.41. The van der Waals surface area contributed by atoms with E-state index in [2.05, 4.69) is 10.3 Å². The molecule has 7 nitrogen and oxygen atoms in total. The first kappa shape index (κ1) is 18.2. The van der Waals surface area contributed by atoms with E-state index in [0.717, 1.165) is 4.90 Å². The van der Waals surface area contributed by atoms with Gasteiger partial charge in [0.1, 0.15) is 0 Å². The van der Waals surface area contributed by atoms with Crippen molar-refractivity contribution in [2.45, 2.75) is 10.9 Å². The maximum Gasteiger partial charge on any atom is 0.230 e. The number of sulfonamides is 1. The standard InChI is InChI=1S/C14H21N3O4S2/c1-17(2)23(19,20)10-11-7-21-8-13(11)16-14(18)9-22-12-3-5-15-6-4-12/h3-6,11,13H,7-10H2,1-2H3,(H,16,18)/t11-,13+/m0/s1. The number of hydrogen-bond donors (Lipinski definition) is 1. The van der Waals surface area contributed by atoms with Crippen molar-refractivity contribution in [3.8, 4) is 0 Å². The highest BCUT2D eigenvalue weighted by Gasteiger charge is 2.34. The summed E-state index contributed by atoms with van der Waals surface area (Å²) < 4.78 is 30.5. The molecule has 128 valence electrons. The van der Waals surface area contributed by atoms with Crippen LogP contribution in [0.15, 0.2) is 29.4 Å². The van der Waals surface area contributed by atoms with E-state index in [0.29, 0.717) is 13.2 Å². The normalized spacial score (nSPS) is 21.5. The van der Waals surface area contributed by atoms with E-state index >= 15 is 0 Å². The van der Waals surface area contributed by atoms with Gasteiger partial charge in [-0.05, 0) is 12.1 Å². The third kappa shape index (κ3) is 5.45. The fraction of sp³-hybridized carbons (Fsp3) is 0.571.